The highest BCUT2D eigenvalue weighted by Gasteiger charge is 2.11. The molecule has 0 fully saturated rings. The van der Waals surface area contributed by atoms with Gasteiger partial charge >= 0.3 is 0 Å². The van der Waals surface area contributed by atoms with Crippen molar-refractivity contribution in [3.63, 3.8) is 0 Å². The summed E-state index contributed by atoms with van der Waals surface area (Å²) in [5.41, 5.74) is 0.786. The van der Waals surface area contributed by atoms with Crippen molar-refractivity contribution in [1.82, 2.24) is 0 Å². The van der Waals surface area contributed by atoms with E-state index in [4.69, 9.17) is 0 Å². The van der Waals surface area contributed by atoms with E-state index in [2.05, 4.69) is 5.32 Å². The molecule has 21 heavy (non-hydrogen) atoms. The molecule has 3 rings (SSSR count). The van der Waals surface area contributed by atoms with E-state index in [0.717, 1.165) is 15.3 Å². The zero-order valence-corrected chi connectivity index (χ0v) is 12.3. The molecule has 0 atom stereocenters. The summed E-state index contributed by atoms with van der Waals surface area (Å²) in [6.07, 6.45) is 0. The maximum absolute atomic E-state index is 13.5. The standard InChI is InChI=1S/C15H10F3NS2/c16-10-5-12(17)15(13(18)6-10)19-7-11-4-9(8-21-11)14-2-1-3-20-14/h1-6,8,19H,7H2. The molecule has 108 valence electrons. The van der Waals surface area contributed by atoms with Gasteiger partial charge in [0.25, 0.3) is 0 Å². The van der Waals surface area contributed by atoms with Gasteiger partial charge in [-0.3, -0.25) is 0 Å². The molecule has 0 aliphatic carbocycles. The molecule has 2 aromatic heterocycles. The van der Waals surface area contributed by atoms with Crippen LogP contribution in [0.4, 0.5) is 18.9 Å². The van der Waals surface area contributed by atoms with Crippen molar-refractivity contribution in [2.45, 2.75) is 6.54 Å². The monoisotopic (exact) mass is 325 g/mol. The third kappa shape index (κ3) is 3.11. The fourth-order valence-corrected chi connectivity index (χ4v) is 3.55. The Kier molecular flexibility index (Phi) is 3.98. The van der Waals surface area contributed by atoms with E-state index in [1.165, 1.54) is 11.3 Å². The summed E-state index contributed by atoms with van der Waals surface area (Å²) in [5, 5.41) is 6.67. The SMILES string of the molecule is Fc1cc(F)c(NCc2cc(-c3cccs3)cs2)c(F)c1. The van der Waals surface area contributed by atoms with Crippen LogP contribution in [-0.4, -0.2) is 0 Å². The Balaban J connectivity index is 1.74. The fraction of sp³-hybridized carbons (Fsp3) is 0.0667. The molecule has 3 aromatic rings. The maximum atomic E-state index is 13.5. The van der Waals surface area contributed by atoms with Crippen LogP contribution in [0.25, 0.3) is 10.4 Å². The van der Waals surface area contributed by atoms with Crippen LogP contribution < -0.4 is 5.32 Å². The Labute approximate surface area is 127 Å². The van der Waals surface area contributed by atoms with Gasteiger partial charge in [-0.15, -0.1) is 22.7 Å². The molecular formula is C15H10F3NS2. The predicted molar refractivity (Wildman–Crippen MR) is 81.3 cm³/mol. The van der Waals surface area contributed by atoms with Crippen LogP contribution in [-0.2, 0) is 6.54 Å². The maximum Gasteiger partial charge on any atom is 0.152 e. The minimum absolute atomic E-state index is 0.287. The summed E-state index contributed by atoms with van der Waals surface area (Å²) in [6, 6.07) is 7.29. The third-order valence-corrected chi connectivity index (χ3v) is 4.76. The number of anilines is 1. The van der Waals surface area contributed by atoms with Gasteiger partial charge in [0.2, 0.25) is 0 Å². The van der Waals surface area contributed by atoms with Gasteiger partial charge in [-0.25, -0.2) is 13.2 Å². The second kappa shape index (κ2) is 5.91. The van der Waals surface area contributed by atoms with Crippen LogP contribution in [0.3, 0.4) is 0 Å². The van der Waals surface area contributed by atoms with Crippen molar-refractivity contribution >= 4 is 28.4 Å². The second-order valence-corrected chi connectivity index (χ2v) is 6.32. The topological polar surface area (TPSA) is 12.0 Å². The number of nitrogens with one attached hydrogen (secondary N) is 1. The largest absolute Gasteiger partial charge is 0.375 e. The number of rotatable bonds is 4. The van der Waals surface area contributed by atoms with Gasteiger partial charge < -0.3 is 5.32 Å². The minimum Gasteiger partial charge on any atom is -0.375 e. The lowest BCUT2D eigenvalue weighted by Crippen LogP contribution is -2.03. The summed E-state index contributed by atoms with van der Waals surface area (Å²) >= 11 is 3.14. The van der Waals surface area contributed by atoms with Crippen molar-refractivity contribution < 1.29 is 13.2 Å². The molecule has 0 unspecified atom stereocenters. The molecular weight excluding hydrogens is 315 g/mol. The van der Waals surface area contributed by atoms with Crippen molar-refractivity contribution in [2.75, 3.05) is 5.32 Å². The van der Waals surface area contributed by atoms with Gasteiger partial charge in [0.1, 0.15) is 11.5 Å². The summed E-state index contributed by atoms with van der Waals surface area (Å²) in [6.45, 7) is 0.287. The Bertz CT molecular complexity index is 727. The van der Waals surface area contributed by atoms with Gasteiger partial charge in [-0.1, -0.05) is 6.07 Å². The summed E-state index contributed by atoms with van der Waals surface area (Å²) < 4.78 is 39.8. The first-order valence-corrected chi connectivity index (χ1v) is 7.89. The fourth-order valence-electron chi connectivity index (χ4n) is 1.93. The zero-order valence-electron chi connectivity index (χ0n) is 10.7. The van der Waals surface area contributed by atoms with Crippen LogP contribution in [0.1, 0.15) is 4.88 Å². The van der Waals surface area contributed by atoms with Crippen LogP contribution in [0.5, 0.6) is 0 Å². The first-order valence-electron chi connectivity index (χ1n) is 6.13. The van der Waals surface area contributed by atoms with Gasteiger partial charge in [0, 0.05) is 34.0 Å². The molecule has 0 saturated carbocycles. The van der Waals surface area contributed by atoms with E-state index in [1.807, 2.05) is 29.0 Å². The van der Waals surface area contributed by atoms with Crippen molar-refractivity contribution in [2.24, 2.45) is 0 Å². The third-order valence-electron chi connectivity index (χ3n) is 2.91. The molecule has 1 N–H and O–H groups in total. The smallest absolute Gasteiger partial charge is 0.152 e. The number of thiophene rings is 2. The normalized spacial score (nSPS) is 10.8. The summed E-state index contributed by atoms with van der Waals surface area (Å²) in [5.74, 6) is -2.78. The van der Waals surface area contributed by atoms with Crippen LogP contribution in [0.15, 0.2) is 41.1 Å². The van der Waals surface area contributed by atoms with Crippen molar-refractivity contribution in [1.29, 1.82) is 0 Å². The molecule has 2 heterocycles. The van der Waals surface area contributed by atoms with Gasteiger partial charge in [-0.2, -0.15) is 0 Å². The number of hydrogen-bond donors (Lipinski definition) is 1. The molecule has 0 aliphatic rings. The van der Waals surface area contributed by atoms with Gasteiger partial charge in [0.05, 0.1) is 0 Å². The Hall–Kier alpha value is -1.79. The highest BCUT2D eigenvalue weighted by Crippen LogP contribution is 2.30. The molecule has 6 heteroatoms. The Morgan fingerprint density at radius 2 is 1.76 bits per heavy atom. The Morgan fingerprint density at radius 3 is 2.43 bits per heavy atom. The van der Waals surface area contributed by atoms with E-state index in [-0.39, 0.29) is 12.2 Å². The average Bonchev–Trinajstić information content (AvgIpc) is 3.08. The average molecular weight is 325 g/mol. The molecule has 0 spiro atoms. The molecule has 0 saturated heterocycles. The van der Waals surface area contributed by atoms with E-state index in [0.29, 0.717) is 12.1 Å². The highest BCUT2D eigenvalue weighted by molar-refractivity contribution is 7.14. The second-order valence-electron chi connectivity index (χ2n) is 4.38. The lowest BCUT2D eigenvalue weighted by Gasteiger charge is -2.07. The number of halogens is 3. The van der Waals surface area contributed by atoms with Gasteiger partial charge in [0.15, 0.2) is 11.6 Å². The van der Waals surface area contributed by atoms with Crippen LogP contribution in [0, 0.1) is 17.5 Å². The van der Waals surface area contributed by atoms with Crippen molar-refractivity contribution in [3.05, 3.63) is 63.4 Å². The lowest BCUT2D eigenvalue weighted by molar-refractivity contribution is 0.547. The zero-order chi connectivity index (χ0) is 14.8. The summed E-state index contributed by atoms with van der Waals surface area (Å²) in [4.78, 5) is 2.10. The van der Waals surface area contributed by atoms with Gasteiger partial charge in [-0.05, 0) is 22.9 Å². The van der Waals surface area contributed by atoms with E-state index < -0.39 is 17.5 Å². The lowest BCUT2D eigenvalue weighted by atomic mass is 10.2. The van der Waals surface area contributed by atoms with E-state index >= 15 is 0 Å². The minimum atomic E-state index is -0.928. The van der Waals surface area contributed by atoms with Crippen LogP contribution >= 0.6 is 22.7 Å². The summed E-state index contributed by atoms with van der Waals surface area (Å²) in [7, 11) is 0. The molecule has 1 aromatic carbocycles. The molecule has 0 amide bonds. The Morgan fingerprint density at radius 1 is 1.00 bits per heavy atom. The molecule has 0 radical (unpaired) electrons. The van der Waals surface area contributed by atoms with Crippen LogP contribution in [0.2, 0.25) is 0 Å². The van der Waals surface area contributed by atoms with E-state index in [1.54, 1.807) is 11.3 Å². The quantitative estimate of drug-likeness (QED) is 0.667. The highest BCUT2D eigenvalue weighted by atomic mass is 32.1. The molecule has 0 bridgehead atoms. The molecule has 1 nitrogen and oxygen atoms in total. The number of benzene rings is 1. The molecule has 0 aliphatic heterocycles. The van der Waals surface area contributed by atoms with E-state index in [9.17, 15) is 13.2 Å². The first-order chi connectivity index (χ1) is 10.1. The predicted octanol–water partition coefficient (Wildman–Crippen LogP) is 5.51. The van der Waals surface area contributed by atoms with Crippen molar-refractivity contribution in [3.8, 4) is 10.4 Å². The number of hydrogen-bond acceptors (Lipinski definition) is 3. The first kappa shape index (κ1) is 14.2.